The number of H-pyrrole nitrogens is 1. The highest BCUT2D eigenvalue weighted by molar-refractivity contribution is 9.10. The minimum atomic E-state index is -2.70. The SMILES string of the molecule is O=C(Nc1ccnn1Cc1ccccc1Br)c1ccc2nc(C(F)F)[nH]c2c1. The predicted molar refractivity (Wildman–Crippen MR) is 104 cm³/mol. The number of carbonyl (C=O) groups is 1. The van der Waals surface area contributed by atoms with Crippen LogP contribution in [0.5, 0.6) is 0 Å². The molecule has 0 fully saturated rings. The Labute approximate surface area is 166 Å². The highest BCUT2D eigenvalue weighted by Crippen LogP contribution is 2.22. The number of carbonyl (C=O) groups excluding carboxylic acids is 1. The first-order valence-electron chi connectivity index (χ1n) is 8.35. The summed E-state index contributed by atoms with van der Waals surface area (Å²) in [4.78, 5) is 19.0. The van der Waals surface area contributed by atoms with Crippen molar-refractivity contribution in [3.63, 3.8) is 0 Å². The first-order chi connectivity index (χ1) is 13.5. The molecule has 0 saturated carbocycles. The number of halogens is 3. The van der Waals surface area contributed by atoms with Gasteiger partial charge < -0.3 is 10.3 Å². The van der Waals surface area contributed by atoms with Gasteiger partial charge in [0.2, 0.25) is 0 Å². The zero-order chi connectivity index (χ0) is 19.7. The maximum Gasteiger partial charge on any atom is 0.295 e. The Balaban J connectivity index is 1.55. The van der Waals surface area contributed by atoms with Crippen LogP contribution < -0.4 is 5.32 Å². The molecule has 0 saturated heterocycles. The lowest BCUT2D eigenvalue weighted by Crippen LogP contribution is -2.16. The van der Waals surface area contributed by atoms with Gasteiger partial charge in [-0.15, -0.1) is 0 Å². The number of nitrogens with zero attached hydrogens (tertiary/aromatic N) is 3. The fraction of sp³-hybridized carbons (Fsp3) is 0.105. The molecule has 0 atom stereocenters. The lowest BCUT2D eigenvalue weighted by atomic mass is 10.2. The fourth-order valence-corrected chi connectivity index (χ4v) is 3.23. The van der Waals surface area contributed by atoms with Crippen LogP contribution >= 0.6 is 15.9 Å². The van der Waals surface area contributed by atoms with E-state index in [0.717, 1.165) is 10.0 Å². The summed E-state index contributed by atoms with van der Waals surface area (Å²) in [5, 5.41) is 7.06. The van der Waals surface area contributed by atoms with E-state index in [2.05, 4.69) is 36.3 Å². The maximum absolute atomic E-state index is 12.8. The van der Waals surface area contributed by atoms with E-state index < -0.39 is 12.2 Å². The Morgan fingerprint density at radius 2 is 2.04 bits per heavy atom. The number of rotatable bonds is 5. The number of imidazole rings is 1. The number of aromatic nitrogens is 4. The normalized spacial score (nSPS) is 11.3. The average molecular weight is 446 g/mol. The van der Waals surface area contributed by atoms with Crippen LogP contribution in [0.2, 0.25) is 0 Å². The minimum absolute atomic E-state index is 0.325. The van der Waals surface area contributed by atoms with Crippen LogP contribution in [0.25, 0.3) is 11.0 Å². The molecule has 4 rings (SSSR count). The number of benzene rings is 2. The van der Waals surface area contributed by atoms with E-state index in [1.54, 1.807) is 23.0 Å². The van der Waals surface area contributed by atoms with E-state index in [0.29, 0.717) is 29.0 Å². The van der Waals surface area contributed by atoms with Gasteiger partial charge in [-0.25, -0.2) is 18.4 Å². The van der Waals surface area contributed by atoms with Crippen LogP contribution in [0, 0.1) is 0 Å². The number of fused-ring (bicyclic) bond motifs is 1. The van der Waals surface area contributed by atoms with Crippen LogP contribution in [-0.2, 0) is 6.54 Å². The molecule has 0 aliphatic rings. The summed E-state index contributed by atoms with van der Waals surface area (Å²) in [5.41, 5.74) is 2.10. The molecule has 28 heavy (non-hydrogen) atoms. The second-order valence-corrected chi connectivity index (χ2v) is 6.93. The summed E-state index contributed by atoms with van der Waals surface area (Å²) in [6.45, 7) is 0.474. The van der Waals surface area contributed by atoms with Crippen molar-refractivity contribution in [2.45, 2.75) is 13.0 Å². The monoisotopic (exact) mass is 445 g/mol. The average Bonchev–Trinajstić information content (AvgIpc) is 3.30. The largest absolute Gasteiger partial charge is 0.337 e. The molecule has 2 N–H and O–H groups in total. The van der Waals surface area contributed by atoms with E-state index in [-0.39, 0.29) is 5.91 Å². The lowest BCUT2D eigenvalue weighted by molar-refractivity contribution is 0.102. The molecule has 0 unspecified atom stereocenters. The van der Waals surface area contributed by atoms with E-state index in [4.69, 9.17) is 0 Å². The molecule has 2 heterocycles. The van der Waals surface area contributed by atoms with E-state index in [1.165, 1.54) is 12.1 Å². The summed E-state index contributed by atoms with van der Waals surface area (Å²) in [7, 11) is 0. The lowest BCUT2D eigenvalue weighted by Gasteiger charge is -2.10. The van der Waals surface area contributed by atoms with Crippen molar-refractivity contribution in [3.05, 3.63) is 76.2 Å². The molecule has 1 amide bonds. The molecule has 0 spiro atoms. The quantitative estimate of drug-likeness (QED) is 0.464. The van der Waals surface area contributed by atoms with Gasteiger partial charge in [-0.1, -0.05) is 34.1 Å². The van der Waals surface area contributed by atoms with Gasteiger partial charge in [0.25, 0.3) is 12.3 Å². The molecular formula is C19H14BrF2N5O. The number of anilines is 1. The van der Waals surface area contributed by atoms with Crippen LogP contribution in [0.15, 0.2) is 59.2 Å². The summed E-state index contributed by atoms with van der Waals surface area (Å²) >= 11 is 3.50. The number of hydrogen-bond acceptors (Lipinski definition) is 3. The molecule has 9 heteroatoms. The molecule has 0 radical (unpaired) electrons. The van der Waals surface area contributed by atoms with E-state index in [1.807, 2.05) is 24.3 Å². The second-order valence-electron chi connectivity index (χ2n) is 6.07. The van der Waals surface area contributed by atoms with Gasteiger partial charge in [0.15, 0.2) is 5.82 Å². The Morgan fingerprint density at radius 3 is 2.82 bits per heavy atom. The highest BCUT2D eigenvalue weighted by atomic mass is 79.9. The second kappa shape index (κ2) is 7.51. The molecule has 0 aliphatic heterocycles. The topological polar surface area (TPSA) is 75.6 Å². The molecule has 142 valence electrons. The summed E-state index contributed by atoms with van der Waals surface area (Å²) in [6.07, 6.45) is -1.10. The Kier molecular flexibility index (Phi) is 4.91. The first-order valence-corrected chi connectivity index (χ1v) is 9.15. The van der Waals surface area contributed by atoms with E-state index in [9.17, 15) is 13.6 Å². The zero-order valence-corrected chi connectivity index (χ0v) is 16.0. The maximum atomic E-state index is 12.8. The number of nitrogens with one attached hydrogen (secondary N) is 2. The van der Waals surface area contributed by atoms with Crippen LogP contribution in [0.4, 0.5) is 14.6 Å². The molecule has 0 bridgehead atoms. The highest BCUT2D eigenvalue weighted by Gasteiger charge is 2.15. The van der Waals surface area contributed by atoms with Gasteiger partial charge in [-0.3, -0.25) is 4.79 Å². The van der Waals surface area contributed by atoms with Gasteiger partial charge in [0.05, 0.1) is 23.8 Å². The third-order valence-corrected chi connectivity index (χ3v) is 4.98. The Morgan fingerprint density at radius 1 is 1.21 bits per heavy atom. The summed E-state index contributed by atoms with van der Waals surface area (Å²) < 4.78 is 28.2. The molecule has 2 aromatic carbocycles. The van der Waals surface area contributed by atoms with Gasteiger partial charge >= 0.3 is 0 Å². The van der Waals surface area contributed by atoms with Crippen LogP contribution in [0.3, 0.4) is 0 Å². The third kappa shape index (κ3) is 3.65. The minimum Gasteiger partial charge on any atom is -0.337 e. The van der Waals surface area contributed by atoms with Crippen molar-refractivity contribution in [3.8, 4) is 0 Å². The van der Waals surface area contributed by atoms with Crippen LogP contribution in [0.1, 0.15) is 28.2 Å². The predicted octanol–water partition coefficient (Wildman–Crippen LogP) is 4.76. The van der Waals surface area contributed by atoms with Crippen molar-refractivity contribution in [2.24, 2.45) is 0 Å². The van der Waals surface area contributed by atoms with Gasteiger partial charge in [-0.05, 0) is 29.8 Å². The van der Waals surface area contributed by atoms with Gasteiger partial charge in [-0.2, -0.15) is 5.10 Å². The van der Waals surface area contributed by atoms with Gasteiger partial charge in [0, 0.05) is 16.1 Å². The summed E-state index contributed by atoms with van der Waals surface area (Å²) in [6, 6.07) is 14.0. The smallest absolute Gasteiger partial charge is 0.295 e. The fourth-order valence-electron chi connectivity index (χ4n) is 2.82. The van der Waals surface area contributed by atoms with Crippen LogP contribution in [-0.4, -0.2) is 25.7 Å². The third-order valence-electron chi connectivity index (χ3n) is 4.21. The molecule has 0 aliphatic carbocycles. The number of alkyl halides is 2. The Bertz CT molecular complexity index is 1150. The first kappa shape index (κ1) is 18.3. The van der Waals surface area contributed by atoms with Gasteiger partial charge in [0.1, 0.15) is 5.82 Å². The van der Waals surface area contributed by atoms with Crippen molar-refractivity contribution in [1.29, 1.82) is 0 Å². The number of hydrogen-bond donors (Lipinski definition) is 2. The van der Waals surface area contributed by atoms with Crippen molar-refractivity contribution >= 4 is 38.7 Å². The standard InChI is InChI=1S/C19H14BrF2N5O/c20-13-4-2-1-3-12(13)10-27-16(7-8-23-27)26-19(28)11-5-6-14-15(9-11)25-18(24-14)17(21)22/h1-9,17H,10H2,(H,24,25)(H,26,28). The van der Waals surface area contributed by atoms with Crippen molar-refractivity contribution < 1.29 is 13.6 Å². The Hall–Kier alpha value is -3.07. The van der Waals surface area contributed by atoms with E-state index >= 15 is 0 Å². The number of amides is 1. The van der Waals surface area contributed by atoms with Crippen molar-refractivity contribution in [1.82, 2.24) is 19.7 Å². The van der Waals surface area contributed by atoms with Crippen molar-refractivity contribution in [2.75, 3.05) is 5.32 Å². The number of aromatic amines is 1. The molecule has 2 aromatic heterocycles. The zero-order valence-electron chi connectivity index (χ0n) is 14.4. The molecular weight excluding hydrogens is 432 g/mol. The summed E-state index contributed by atoms with van der Waals surface area (Å²) in [5.74, 6) is -0.262. The molecule has 4 aromatic rings. The molecule has 6 nitrogen and oxygen atoms in total.